The van der Waals surface area contributed by atoms with Gasteiger partial charge in [-0.3, -0.25) is 9.89 Å². The number of rotatable bonds is 3. The molecule has 0 saturated heterocycles. The van der Waals surface area contributed by atoms with E-state index in [4.69, 9.17) is 9.47 Å². The van der Waals surface area contributed by atoms with Crippen LogP contribution in [-0.2, 0) is 0 Å². The highest BCUT2D eigenvalue weighted by Gasteiger charge is 2.40. The number of hydrogen-bond donors (Lipinski definition) is 1. The molecule has 1 amide bonds. The lowest BCUT2D eigenvalue weighted by Crippen LogP contribution is -2.25. The first-order valence-corrected chi connectivity index (χ1v) is 6.62. The minimum Gasteiger partial charge on any atom is -0.497 e. The summed E-state index contributed by atoms with van der Waals surface area (Å²) in [5, 5.41) is 7.00. The molecule has 2 aromatic rings. The van der Waals surface area contributed by atoms with E-state index in [-0.39, 0.29) is 11.9 Å². The van der Waals surface area contributed by atoms with Crippen LogP contribution < -0.4 is 9.47 Å². The lowest BCUT2D eigenvalue weighted by atomic mass is 9.98. The number of nitrogens with zero attached hydrogens (tertiary/aromatic N) is 2. The van der Waals surface area contributed by atoms with Gasteiger partial charge in [-0.1, -0.05) is 0 Å². The topological polar surface area (TPSA) is 67.5 Å². The van der Waals surface area contributed by atoms with E-state index in [1.165, 1.54) is 0 Å². The predicted molar refractivity (Wildman–Crippen MR) is 76.8 cm³/mol. The summed E-state index contributed by atoms with van der Waals surface area (Å²) >= 11 is 0. The van der Waals surface area contributed by atoms with Crippen molar-refractivity contribution in [1.29, 1.82) is 0 Å². The molecule has 3 rings (SSSR count). The van der Waals surface area contributed by atoms with Gasteiger partial charge in [0.25, 0.3) is 5.91 Å². The largest absolute Gasteiger partial charge is 0.497 e. The quantitative estimate of drug-likeness (QED) is 0.936. The standard InChI is InChI=1S/C15H17N3O3/c1-8-12-13(17-16-8)15(19)18(2)14(12)10-7-9(20-3)5-6-11(10)21-4/h5-7,14H,1-4H3,(H,16,17). The molecule has 1 aliphatic heterocycles. The molecule has 1 aromatic heterocycles. The molecule has 1 aromatic carbocycles. The zero-order valence-electron chi connectivity index (χ0n) is 12.4. The monoisotopic (exact) mass is 287 g/mol. The van der Waals surface area contributed by atoms with Crippen LogP contribution in [0, 0.1) is 6.92 Å². The van der Waals surface area contributed by atoms with Gasteiger partial charge in [-0.2, -0.15) is 5.10 Å². The highest BCUT2D eigenvalue weighted by molar-refractivity contribution is 5.98. The van der Waals surface area contributed by atoms with Crippen LogP contribution in [-0.4, -0.2) is 42.3 Å². The summed E-state index contributed by atoms with van der Waals surface area (Å²) in [7, 11) is 5.00. The maximum absolute atomic E-state index is 12.3. The summed E-state index contributed by atoms with van der Waals surface area (Å²) in [5.41, 5.74) is 3.15. The number of aromatic amines is 1. The van der Waals surface area contributed by atoms with Crippen molar-refractivity contribution < 1.29 is 14.3 Å². The number of benzene rings is 1. The van der Waals surface area contributed by atoms with Crippen LogP contribution in [0.15, 0.2) is 18.2 Å². The van der Waals surface area contributed by atoms with Crippen LogP contribution in [0.1, 0.15) is 33.4 Å². The molecule has 0 saturated carbocycles. The first-order valence-electron chi connectivity index (χ1n) is 6.62. The van der Waals surface area contributed by atoms with Gasteiger partial charge < -0.3 is 14.4 Å². The summed E-state index contributed by atoms with van der Waals surface area (Å²) in [6.45, 7) is 1.91. The smallest absolute Gasteiger partial charge is 0.275 e. The van der Waals surface area contributed by atoms with Crippen molar-refractivity contribution in [3.8, 4) is 11.5 Å². The van der Waals surface area contributed by atoms with Gasteiger partial charge in [-0.15, -0.1) is 0 Å². The van der Waals surface area contributed by atoms with E-state index in [1.807, 2.05) is 25.1 Å². The molecule has 0 radical (unpaired) electrons. The van der Waals surface area contributed by atoms with Gasteiger partial charge in [-0.05, 0) is 25.1 Å². The fourth-order valence-electron chi connectivity index (χ4n) is 2.83. The zero-order valence-corrected chi connectivity index (χ0v) is 12.4. The number of carbonyl (C=O) groups is 1. The van der Waals surface area contributed by atoms with Crippen molar-refractivity contribution in [1.82, 2.24) is 15.1 Å². The van der Waals surface area contributed by atoms with Crippen molar-refractivity contribution >= 4 is 5.91 Å². The number of ether oxygens (including phenoxy) is 2. The van der Waals surface area contributed by atoms with Crippen LogP contribution in [0.3, 0.4) is 0 Å². The van der Waals surface area contributed by atoms with E-state index < -0.39 is 0 Å². The lowest BCUT2D eigenvalue weighted by Gasteiger charge is -2.23. The summed E-state index contributed by atoms with van der Waals surface area (Å²) < 4.78 is 10.7. The molecule has 0 aliphatic carbocycles. The van der Waals surface area contributed by atoms with Crippen molar-refractivity contribution in [2.75, 3.05) is 21.3 Å². The molecule has 21 heavy (non-hydrogen) atoms. The third kappa shape index (κ3) is 1.86. The third-order valence-corrected chi connectivity index (χ3v) is 3.91. The number of nitrogens with one attached hydrogen (secondary N) is 1. The average Bonchev–Trinajstić information content (AvgIpc) is 2.99. The Hall–Kier alpha value is -2.50. The Balaban J connectivity index is 2.20. The van der Waals surface area contributed by atoms with Crippen LogP contribution in [0.4, 0.5) is 0 Å². The molecule has 0 fully saturated rings. The molecule has 2 heterocycles. The minimum absolute atomic E-state index is 0.0933. The number of aromatic nitrogens is 2. The molecular weight excluding hydrogens is 270 g/mol. The maximum Gasteiger partial charge on any atom is 0.275 e. The molecule has 1 atom stereocenters. The SMILES string of the molecule is COc1ccc(OC)c(C2c3c(n[nH]c3C)C(=O)N2C)c1. The van der Waals surface area contributed by atoms with Gasteiger partial charge in [0.05, 0.1) is 20.3 Å². The fraction of sp³-hybridized carbons (Fsp3) is 0.333. The first-order chi connectivity index (χ1) is 10.1. The number of aryl methyl sites for hydroxylation is 1. The van der Waals surface area contributed by atoms with Crippen LogP contribution in [0.25, 0.3) is 0 Å². The highest BCUT2D eigenvalue weighted by Crippen LogP contribution is 2.42. The normalized spacial score (nSPS) is 17.0. The van der Waals surface area contributed by atoms with Crippen molar-refractivity contribution in [2.45, 2.75) is 13.0 Å². The number of amides is 1. The number of hydrogen-bond acceptors (Lipinski definition) is 4. The Morgan fingerprint density at radius 3 is 2.71 bits per heavy atom. The second kappa shape index (κ2) is 4.80. The molecule has 1 aliphatic rings. The van der Waals surface area contributed by atoms with E-state index in [0.29, 0.717) is 11.4 Å². The molecule has 6 nitrogen and oxygen atoms in total. The van der Waals surface area contributed by atoms with Crippen LogP contribution >= 0.6 is 0 Å². The van der Waals surface area contributed by atoms with E-state index in [1.54, 1.807) is 26.2 Å². The second-order valence-electron chi connectivity index (χ2n) is 5.04. The van der Waals surface area contributed by atoms with E-state index in [2.05, 4.69) is 10.2 Å². The van der Waals surface area contributed by atoms with E-state index in [9.17, 15) is 4.79 Å². The second-order valence-corrected chi connectivity index (χ2v) is 5.04. The first kappa shape index (κ1) is 13.5. The van der Waals surface area contributed by atoms with E-state index in [0.717, 1.165) is 22.6 Å². The Morgan fingerprint density at radius 1 is 1.29 bits per heavy atom. The summed E-state index contributed by atoms with van der Waals surface area (Å²) in [6, 6.07) is 5.35. The van der Waals surface area contributed by atoms with Gasteiger partial charge in [0.15, 0.2) is 5.69 Å². The number of fused-ring (bicyclic) bond motifs is 1. The van der Waals surface area contributed by atoms with Gasteiger partial charge in [0, 0.05) is 23.9 Å². The number of H-pyrrole nitrogens is 1. The number of methoxy groups -OCH3 is 2. The van der Waals surface area contributed by atoms with Gasteiger partial charge >= 0.3 is 0 Å². The maximum atomic E-state index is 12.3. The highest BCUT2D eigenvalue weighted by atomic mass is 16.5. The lowest BCUT2D eigenvalue weighted by molar-refractivity contribution is 0.0786. The predicted octanol–water partition coefficient (Wildman–Crippen LogP) is 1.91. The average molecular weight is 287 g/mol. The Labute approximate surface area is 122 Å². The Morgan fingerprint density at radius 2 is 2.05 bits per heavy atom. The van der Waals surface area contributed by atoms with Gasteiger partial charge in [0.2, 0.25) is 0 Å². The summed E-state index contributed by atoms with van der Waals surface area (Å²) in [5.74, 6) is 1.35. The molecule has 0 bridgehead atoms. The number of carbonyl (C=O) groups excluding carboxylic acids is 1. The minimum atomic E-state index is -0.226. The summed E-state index contributed by atoms with van der Waals surface area (Å²) in [4.78, 5) is 14.0. The molecule has 0 spiro atoms. The molecule has 1 N–H and O–H groups in total. The van der Waals surface area contributed by atoms with Crippen molar-refractivity contribution in [3.05, 3.63) is 40.7 Å². The molecular formula is C15H17N3O3. The fourth-order valence-corrected chi connectivity index (χ4v) is 2.83. The molecule has 6 heteroatoms. The van der Waals surface area contributed by atoms with Gasteiger partial charge in [0.1, 0.15) is 11.5 Å². The van der Waals surface area contributed by atoms with Crippen molar-refractivity contribution in [2.24, 2.45) is 0 Å². The Kier molecular flexibility index (Phi) is 3.08. The van der Waals surface area contributed by atoms with Crippen LogP contribution in [0.2, 0.25) is 0 Å². The zero-order chi connectivity index (χ0) is 15.1. The van der Waals surface area contributed by atoms with Crippen LogP contribution in [0.5, 0.6) is 11.5 Å². The van der Waals surface area contributed by atoms with Gasteiger partial charge in [-0.25, -0.2) is 0 Å². The van der Waals surface area contributed by atoms with Crippen molar-refractivity contribution in [3.63, 3.8) is 0 Å². The third-order valence-electron chi connectivity index (χ3n) is 3.91. The molecule has 1 unspecified atom stereocenters. The van der Waals surface area contributed by atoms with E-state index >= 15 is 0 Å². The molecule has 110 valence electrons. The Bertz CT molecular complexity index is 708. The summed E-state index contributed by atoms with van der Waals surface area (Å²) in [6.07, 6.45) is 0.